The Kier molecular flexibility index (Phi) is 8.82. The molecule has 23 heavy (non-hydrogen) atoms. The van der Waals surface area contributed by atoms with Gasteiger partial charge in [-0.2, -0.15) is 0 Å². The van der Waals surface area contributed by atoms with E-state index in [-0.39, 0.29) is 53.5 Å². The summed E-state index contributed by atoms with van der Waals surface area (Å²) in [5.41, 5.74) is 6.12. The summed E-state index contributed by atoms with van der Waals surface area (Å²) in [6, 6.07) is 4.64. The number of benzene rings is 1. The monoisotopic (exact) mass is 474 g/mol. The molecule has 132 valence electrons. The molecule has 0 aliphatic rings. The summed E-state index contributed by atoms with van der Waals surface area (Å²) in [5, 5.41) is 3.50. The van der Waals surface area contributed by atoms with E-state index in [4.69, 9.17) is 17.3 Å². The van der Waals surface area contributed by atoms with Crippen molar-refractivity contribution in [1.29, 1.82) is 0 Å². The van der Waals surface area contributed by atoms with Crippen molar-refractivity contribution in [3.63, 3.8) is 0 Å². The fourth-order valence-electron chi connectivity index (χ4n) is 1.77. The van der Waals surface area contributed by atoms with Gasteiger partial charge in [0, 0.05) is 17.1 Å². The maximum Gasteiger partial charge on any atom is 0.240 e. The second kappa shape index (κ2) is 9.05. The van der Waals surface area contributed by atoms with Gasteiger partial charge >= 0.3 is 0 Å². The molecule has 0 amide bonds. The fraction of sp³-hybridized carbons (Fsp3) is 0.500. The molecule has 0 saturated carbocycles. The standard InChI is InChI=1S/C14H23ClN4O2S.HI/c1-10-9-11(15)5-6-12(10)22(20,21)18-8-7-17-13(16)19-14(2,3)4;/h5-6,9,18H,7-8H2,1-4H3,(H3,16,17,19);1H. The molecule has 0 bridgehead atoms. The van der Waals surface area contributed by atoms with E-state index in [0.29, 0.717) is 10.6 Å². The van der Waals surface area contributed by atoms with E-state index in [0.717, 1.165) is 0 Å². The number of guanidine groups is 1. The highest BCUT2D eigenvalue weighted by Gasteiger charge is 2.16. The molecule has 1 aromatic rings. The molecule has 0 radical (unpaired) electrons. The Bertz CT molecular complexity index is 657. The fourth-order valence-corrected chi connectivity index (χ4v) is 3.24. The number of sulfonamides is 1. The molecule has 6 nitrogen and oxygen atoms in total. The highest BCUT2D eigenvalue weighted by molar-refractivity contribution is 14.0. The van der Waals surface area contributed by atoms with Crippen LogP contribution in [0, 0.1) is 6.92 Å². The van der Waals surface area contributed by atoms with Gasteiger partial charge in [-0.05, 0) is 51.5 Å². The summed E-state index contributed by atoms with van der Waals surface area (Å²) in [6.07, 6.45) is 0. The molecular weight excluding hydrogens is 451 g/mol. The van der Waals surface area contributed by atoms with Gasteiger partial charge in [0.25, 0.3) is 0 Å². The van der Waals surface area contributed by atoms with Gasteiger partial charge in [-0.25, -0.2) is 13.1 Å². The quantitative estimate of drug-likeness (QED) is 0.264. The summed E-state index contributed by atoms with van der Waals surface area (Å²) >= 11 is 5.83. The van der Waals surface area contributed by atoms with E-state index in [1.807, 2.05) is 20.8 Å². The molecule has 0 saturated heterocycles. The molecule has 4 N–H and O–H groups in total. The lowest BCUT2D eigenvalue weighted by Crippen LogP contribution is -2.45. The second-order valence-electron chi connectivity index (χ2n) is 5.95. The predicted molar refractivity (Wildman–Crippen MR) is 106 cm³/mol. The molecule has 9 heteroatoms. The largest absolute Gasteiger partial charge is 0.370 e. The van der Waals surface area contributed by atoms with Crippen molar-refractivity contribution in [2.45, 2.75) is 38.1 Å². The van der Waals surface area contributed by atoms with Gasteiger partial charge in [0.05, 0.1) is 11.4 Å². The van der Waals surface area contributed by atoms with Gasteiger partial charge < -0.3 is 11.1 Å². The van der Waals surface area contributed by atoms with Crippen LogP contribution in [0.25, 0.3) is 0 Å². The molecular formula is C14H24ClIN4O2S. The SMILES string of the molecule is Cc1cc(Cl)ccc1S(=O)(=O)NCCN=C(N)NC(C)(C)C.I. The lowest BCUT2D eigenvalue weighted by molar-refractivity contribution is 0.508. The third-order valence-corrected chi connectivity index (χ3v) is 4.47. The number of hydrogen-bond donors (Lipinski definition) is 3. The van der Waals surface area contributed by atoms with Crippen molar-refractivity contribution in [1.82, 2.24) is 10.0 Å². The third-order valence-electron chi connectivity index (χ3n) is 2.62. The molecule has 0 spiro atoms. The zero-order valence-electron chi connectivity index (χ0n) is 13.7. The van der Waals surface area contributed by atoms with Gasteiger partial charge in [-0.3, -0.25) is 4.99 Å². The first-order chi connectivity index (χ1) is 10.0. The molecule has 0 heterocycles. The minimum absolute atomic E-state index is 0. The zero-order chi connectivity index (χ0) is 17.0. The van der Waals surface area contributed by atoms with Crippen molar-refractivity contribution in [3.8, 4) is 0 Å². The molecule has 0 aromatic heterocycles. The first-order valence-electron chi connectivity index (χ1n) is 6.85. The van der Waals surface area contributed by atoms with Crippen molar-refractivity contribution in [2.75, 3.05) is 13.1 Å². The van der Waals surface area contributed by atoms with Crippen LogP contribution in [-0.4, -0.2) is 33.0 Å². The molecule has 1 aromatic carbocycles. The zero-order valence-corrected chi connectivity index (χ0v) is 17.6. The molecule has 0 fully saturated rings. The Hall–Kier alpha value is -0.580. The number of nitrogens with two attached hydrogens (primary N) is 1. The Morgan fingerprint density at radius 2 is 1.96 bits per heavy atom. The van der Waals surface area contributed by atoms with Crippen LogP contribution in [0.1, 0.15) is 26.3 Å². The van der Waals surface area contributed by atoms with E-state index in [9.17, 15) is 8.42 Å². The summed E-state index contributed by atoms with van der Waals surface area (Å²) in [5.74, 6) is 0.286. The van der Waals surface area contributed by atoms with Gasteiger partial charge in [0.2, 0.25) is 10.0 Å². The van der Waals surface area contributed by atoms with Crippen LogP contribution in [0.2, 0.25) is 5.02 Å². The van der Waals surface area contributed by atoms with Gasteiger partial charge in [0.1, 0.15) is 0 Å². The van der Waals surface area contributed by atoms with Gasteiger partial charge in [-0.15, -0.1) is 24.0 Å². The lowest BCUT2D eigenvalue weighted by Gasteiger charge is -2.21. The van der Waals surface area contributed by atoms with Gasteiger partial charge in [0.15, 0.2) is 5.96 Å². The van der Waals surface area contributed by atoms with Crippen molar-refractivity contribution >= 4 is 51.6 Å². The van der Waals surface area contributed by atoms with E-state index < -0.39 is 10.0 Å². The van der Waals surface area contributed by atoms with Crippen molar-refractivity contribution in [3.05, 3.63) is 28.8 Å². The minimum Gasteiger partial charge on any atom is -0.370 e. The number of hydrogen-bond acceptors (Lipinski definition) is 3. The number of aliphatic imine (C=N–C) groups is 1. The summed E-state index contributed by atoms with van der Waals surface area (Å²) < 4.78 is 26.9. The summed E-state index contributed by atoms with van der Waals surface area (Å²) in [4.78, 5) is 4.29. The highest BCUT2D eigenvalue weighted by Crippen LogP contribution is 2.19. The van der Waals surface area contributed by atoms with Crippen LogP contribution in [0.4, 0.5) is 0 Å². The van der Waals surface area contributed by atoms with Crippen LogP contribution in [-0.2, 0) is 10.0 Å². The van der Waals surface area contributed by atoms with Crippen LogP contribution < -0.4 is 15.8 Å². The Morgan fingerprint density at radius 1 is 1.35 bits per heavy atom. The first kappa shape index (κ1) is 22.4. The van der Waals surface area contributed by atoms with Crippen LogP contribution in [0.15, 0.2) is 28.1 Å². The minimum atomic E-state index is -3.58. The Labute approximate surface area is 160 Å². The van der Waals surface area contributed by atoms with Crippen LogP contribution >= 0.6 is 35.6 Å². The maximum absolute atomic E-state index is 12.2. The summed E-state index contributed by atoms with van der Waals surface area (Å²) in [6.45, 7) is 7.99. The molecule has 1 rings (SSSR count). The predicted octanol–water partition coefficient (Wildman–Crippen LogP) is 2.25. The number of nitrogens with zero attached hydrogens (tertiary/aromatic N) is 1. The molecule has 0 unspecified atom stereocenters. The molecule has 0 aliphatic heterocycles. The maximum atomic E-state index is 12.2. The van der Waals surface area contributed by atoms with Crippen LogP contribution in [0.5, 0.6) is 0 Å². The lowest BCUT2D eigenvalue weighted by atomic mass is 10.1. The average Bonchev–Trinajstić information content (AvgIpc) is 2.32. The van der Waals surface area contributed by atoms with E-state index in [1.165, 1.54) is 6.07 Å². The Balaban J connectivity index is 0.00000484. The molecule has 0 aliphatic carbocycles. The summed E-state index contributed by atoms with van der Waals surface area (Å²) in [7, 11) is -3.58. The first-order valence-corrected chi connectivity index (χ1v) is 8.71. The second-order valence-corrected chi connectivity index (χ2v) is 8.12. The number of nitrogens with one attached hydrogen (secondary N) is 2. The van der Waals surface area contributed by atoms with Crippen LogP contribution in [0.3, 0.4) is 0 Å². The smallest absolute Gasteiger partial charge is 0.240 e. The number of aryl methyl sites for hydroxylation is 1. The molecule has 0 atom stereocenters. The number of rotatable bonds is 5. The third kappa shape index (κ3) is 8.18. The highest BCUT2D eigenvalue weighted by atomic mass is 127. The van der Waals surface area contributed by atoms with Crippen molar-refractivity contribution in [2.24, 2.45) is 10.7 Å². The van der Waals surface area contributed by atoms with E-state index in [2.05, 4.69) is 15.0 Å². The number of halogens is 2. The van der Waals surface area contributed by atoms with E-state index >= 15 is 0 Å². The topological polar surface area (TPSA) is 96.6 Å². The average molecular weight is 475 g/mol. The van der Waals surface area contributed by atoms with Gasteiger partial charge in [-0.1, -0.05) is 11.6 Å². The van der Waals surface area contributed by atoms with E-state index in [1.54, 1.807) is 19.1 Å². The normalized spacial score (nSPS) is 12.7. The Morgan fingerprint density at radius 3 is 2.48 bits per heavy atom. The van der Waals surface area contributed by atoms with Crippen molar-refractivity contribution < 1.29 is 8.42 Å².